The number of H-pyrrole nitrogens is 1. The van der Waals surface area contributed by atoms with Gasteiger partial charge < -0.3 is 5.21 Å². The molecule has 7 heteroatoms. The number of rotatable bonds is 7. The first-order chi connectivity index (χ1) is 14.4. The van der Waals surface area contributed by atoms with Crippen molar-refractivity contribution < 1.29 is 4.86 Å². The van der Waals surface area contributed by atoms with E-state index in [0.29, 0.717) is 16.2 Å². The summed E-state index contributed by atoms with van der Waals surface area (Å²) in [4.78, 5) is 12.9. The molecular formula is C23H25N5O2. The number of hydrogen-bond acceptors (Lipinski definition) is 4. The molecule has 30 heavy (non-hydrogen) atoms. The molecule has 0 spiro atoms. The summed E-state index contributed by atoms with van der Waals surface area (Å²) in [6, 6.07) is 15.7. The molecule has 1 heterocycles. The quantitative estimate of drug-likeness (QED) is 0.351. The highest BCUT2D eigenvalue weighted by Gasteiger charge is 2.15. The first-order valence-corrected chi connectivity index (χ1v) is 9.89. The Balaban J connectivity index is 1.80. The Morgan fingerprint density at radius 3 is 2.73 bits per heavy atom. The van der Waals surface area contributed by atoms with Gasteiger partial charge in [-0.3, -0.25) is 9.89 Å². The number of benzene rings is 2. The van der Waals surface area contributed by atoms with Gasteiger partial charge in [0.1, 0.15) is 0 Å². The summed E-state index contributed by atoms with van der Waals surface area (Å²) < 4.78 is 1.30. The lowest BCUT2D eigenvalue weighted by Gasteiger charge is -2.08. The van der Waals surface area contributed by atoms with Crippen LogP contribution in [0.3, 0.4) is 0 Å². The molecule has 1 N–H and O–H groups in total. The molecule has 0 fully saturated rings. The van der Waals surface area contributed by atoms with E-state index in [9.17, 15) is 10.0 Å². The molecule has 0 unspecified atom stereocenters. The maximum absolute atomic E-state index is 12.6. The Morgan fingerprint density at radius 1 is 1.17 bits per heavy atom. The minimum absolute atomic E-state index is 0.0590. The molecule has 0 saturated heterocycles. The molecule has 1 aromatic heterocycles. The summed E-state index contributed by atoms with van der Waals surface area (Å²) in [6.07, 6.45) is 1.88. The Hall–Kier alpha value is -3.66. The Bertz CT molecular complexity index is 1180. The van der Waals surface area contributed by atoms with Crippen LogP contribution in [0.4, 0.5) is 11.4 Å². The van der Waals surface area contributed by atoms with Gasteiger partial charge in [0.25, 0.3) is 5.56 Å². The van der Waals surface area contributed by atoms with E-state index in [1.54, 1.807) is 19.1 Å². The second kappa shape index (κ2) is 9.23. The van der Waals surface area contributed by atoms with Crippen molar-refractivity contribution in [2.75, 3.05) is 0 Å². The van der Waals surface area contributed by atoms with Crippen LogP contribution in [0.15, 0.2) is 52.4 Å². The van der Waals surface area contributed by atoms with Gasteiger partial charge in [-0.05, 0) is 55.2 Å². The lowest BCUT2D eigenvalue weighted by molar-refractivity contribution is -0.435. The molecule has 0 atom stereocenters. The van der Waals surface area contributed by atoms with E-state index in [4.69, 9.17) is 5.26 Å². The third-order valence-electron chi connectivity index (χ3n) is 5.06. The molecular weight excluding hydrogens is 378 g/mol. The lowest BCUT2D eigenvalue weighted by atomic mass is 9.98. The van der Waals surface area contributed by atoms with Crippen LogP contribution in [0.5, 0.6) is 0 Å². The van der Waals surface area contributed by atoms with Gasteiger partial charge >= 0.3 is 0 Å². The summed E-state index contributed by atoms with van der Waals surface area (Å²) in [7, 11) is 0. The van der Waals surface area contributed by atoms with Gasteiger partial charge in [0.15, 0.2) is 0 Å². The van der Waals surface area contributed by atoms with Crippen molar-refractivity contribution in [1.82, 2.24) is 9.78 Å². The van der Waals surface area contributed by atoms with Gasteiger partial charge in [-0.15, -0.1) is 0 Å². The highest BCUT2D eigenvalue weighted by Crippen LogP contribution is 2.20. The normalized spacial score (nSPS) is 11.5. The van der Waals surface area contributed by atoms with Gasteiger partial charge in [0.2, 0.25) is 11.4 Å². The fourth-order valence-electron chi connectivity index (χ4n) is 3.36. The van der Waals surface area contributed by atoms with Crippen molar-refractivity contribution in [2.24, 2.45) is 5.11 Å². The minimum atomic E-state index is -0.408. The third-order valence-corrected chi connectivity index (χ3v) is 5.06. The Labute approximate surface area is 175 Å². The van der Waals surface area contributed by atoms with Gasteiger partial charge in [-0.2, -0.15) is 5.26 Å². The molecule has 0 aliphatic carbocycles. The average Bonchev–Trinajstić information content (AvgIpc) is 3.00. The van der Waals surface area contributed by atoms with E-state index < -0.39 is 5.56 Å². The van der Waals surface area contributed by atoms with Gasteiger partial charge in [-0.1, -0.05) is 35.9 Å². The molecule has 7 nitrogen and oxygen atoms in total. The van der Waals surface area contributed by atoms with Gasteiger partial charge in [0, 0.05) is 17.2 Å². The van der Waals surface area contributed by atoms with Crippen molar-refractivity contribution in [3.8, 4) is 6.07 Å². The number of hydrogen-bond donors (Lipinski definition) is 1. The van der Waals surface area contributed by atoms with E-state index in [1.807, 2.05) is 18.2 Å². The predicted octanol–water partition coefficient (Wildman–Crippen LogP) is 4.73. The standard InChI is InChI=1S/C23H25N5O2/c1-16-8-9-17(2)20(14-16)11-10-19-6-4-7-21(15-19)28(30)26-22-18(3)25-27(23(22)29)13-5-12-24/h4,6-9,14-15,25H,5,10-11,13H2,1-3H3. The Kier molecular flexibility index (Phi) is 6.48. The van der Waals surface area contributed by atoms with Crippen molar-refractivity contribution in [1.29, 1.82) is 5.26 Å². The van der Waals surface area contributed by atoms with Crippen molar-refractivity contribution in [3.63, 3.8) is 0 Å². The zero-order valence-electron chi connectivity index (χ0n) is 17.5. The molecule has 0 saturated carbocycles. The summed E-state index contributed by atoms with van der Waals surface area (Å²) in [6.45, 7) is 6.10. The van der Waals surface area contributed by atoms with E-state index in [1.165, 1.54) is 21.4 Å². The van der Waals surface area contributed by atoms with Crippen LogP contribution >= 0.6 is 0 Å². The van der Waals surface area contributed by atoms with E-state index in [0.717, 1.165) is 18.4 Å². The zero-order valence-corrected chi connectivity index (χ0v) is 17.5. The largest absolute Gasteiger partial charge is 0.594 e. The van der Waals surface area contributed by atoms with E-state index in [2.05, 4.69) is 42.3 Å². The highest BCUT2D eigenvalue weighted by molar-refractivity contribution is 5.39. The number of nitrogens with zero attached hydrogens (tertiary/aromatic N) is 4. The number of aryl methyl sites for hydroxylation is 6. The SMILES string of the molecule is Cc1ccc(C)c(CCc2cccc([N+]([O-])=Nc3c(C)[nH]n(CCC#N)c3=O)c2)c1. The number of azo groups is 1. The summed E-state index contributed by atoms with van der Waals surface area (Å²) in [5.41, 5.74) is 5.33. The minimum Gasteiger partial charge on any atom is -0.594 e. The first-order valence-electron chi connectivity index (χ1n) is 9.89. The number of nitriles is 1. The van der Waals surface area contributed by atoms with Crippen LogP contribution in [0.25, 0.3) is 0 Å². The third kappa shape index (κ3) is 4.84. The summed E-state index contributed by atoms with van der Waals surface area (Å²) in [5, 5.41) is 28.1. The van der Waals surface area contributed by atoms with Crippen molar-refractivity contribution in [3.05, 3.63) is 86.0 Å². The number of aromatic nitrogens is 2. The molecule has 0 radical (unpaired) electrons. The van der Waals surface area contributed by atoms with Crippen LogP contribution in [-0.2, 0) is 19.4 Å². The fraction of sp³-hybridized carbons (Fsp3) is 0.304. The number of nitrogens with one attached hydrogen (secondary N) is 1. The van der Waals surface area contributed by atoms with E-state index >= 15 is 0 Å². The average molecular weight is 403 g/mol. The number of aromatic amines is 1. The molecule has 0 aliphatic heterocycles. The van der Waals surface area contributed by atoms with Crippen molar-refractivity contribution >= 4 is 11.4 Å². The smallest absolute Gasteiger partial charge is 0.298 e. The molecule has 0 aliphatic rings. The van der Waals surface area contributed by atoms with Crippen LogP contribution in [0, 0.1) is 37.3 Å². The van der Waals surface area contributed by atoms with E-state index in [-0.39, 0.29) is 18.7 Å². The second-order valence-electron chi connectivity index (χ2n) is 7.42. The molecule has 0 bridgehead atoms. The van der Waals surface area contributed by atoms with Gasteiger partial charge in [-0.25, -0.2) is 4.68 Å². The van der Waals surface area contributed by atoms with Crippen LogP contribution < -0.4 is 5.56 Å². The lowest BCUT2D eigenvalue weighted by Crippen LogP contribution is -2.16. The second-order valence-corrected chi connectivity index (χ2v) is 7.42. The molecule has 3 rings (SSSR count). The molecule has 154 valence electrons. The summed E-state index contributed by atoms with van der Waals surface area (Å²) >= 11 is 0. The van der Waals surface area contributed by atoms with Crippen molar-refractivity contribution in [2.45, 2.75) is 46.6 Å². The van der Waals surface area contributed by atoms with Crippen LogP contribution in [0.1, 0.15) is 34.4 Å². The highest BCUT2D eigenvalue weighted by atomic mass is 16.5. The topological polar surface area (TPSA) is 100 Å². The molecule has 0 amide bonds. The maximum atomic E-state index is 12.6. The van der Waals surface area contributed by atoms with Crippen LogP contribution in [-0.4, -0.2) is 14.6 Å². The summed E-state index contributed by atoms with van der Waals surface area (Å²) in [5.74, 6) is 0. The predicted molar refractivity (Wildman–Crippen MR) is 115 cm³/mol. The molecule has 2 aromatic carbocycles. The first kappa shape index (κ1) is 21.1. The Morgan fingerprint density at radius 2 is 1.97 bits per heavy atom. The van der Waals surface area contributed by atoms with Gasteiger partial charge in [0.05, 0.1) is 24.7 Å². The maximum Gasteiger partial charge on any atom is 0.298 e. The zero-order chi connectivity index (χ0) is 21.7. The van der Waals surface area contributed by atoms with Crippen LogP contribution in [0.2, 0.25) is 0 Å². The monoisotopic (exact) mass is 403 g/mol. The fourth-order valence-corrected chi connectivity index (χ4v) is 3.36. The molecule has 3 aromatic rings.